The molecule has 1 nitrogen and oxygen atoms in total. The summed E-state index contributed by atoms with van der Waals surface area (Å²) < 4.78 is 0. The SMILES string of the molecule is CCCN(CCC)CCCCc1ccc(C)cc1. The lowest BCUT2D eigenvalue weighted by Crippen LogP contribution is -2.26. The van der Waals surface area contributed by atoms with E-state index in [9.17, 15) is 0 Å². The van der Waals surface area contributed by atoms with Crippen molar-refractivity contribution in [2.24, 2.45) is 0 Å². The predicted molar refractivity (Wildman–Crippen MR) is 81.1 cm³/mol. The maximum absolute atomic E-state index is 2.61. The second-order valence-corrected chi connectivity index (χ2v) is 5.28. The molecule has 0 aliphatic rings. The van der Waals surface area contributed by atoms with Crippen LogP contribution in [0.15, 0.2) is 24.3 Å². The molecule has 0 radical (unpaired) electrons. The summed E-state index contributed by atoms with van der Waals surface area (Å²) in [5, 5.41) is 0. The van der Waals surface area contributed by atoms with Crippen LogP contribution >= 0.6 is 0 Å². The average molecular weight is 247 g/mol. The number of hydrogen-bond donors (Lipinski definition) is 0. The average Bonchev–Trinajstić information content (AvgIpc) is 2.37. The first kappa shape index (κ1) is 15.2. The zero-order chi connectivity index (χ0) is 13.2. The molecule has 0 atom stereocenters. The summed E-state index contributed by atoms with van der Waals surface area (Å²) in [5.41, 5.74) is 2.84. The summed E-state index contributed by atoms with van der Waals surface area (Å²) >= 11 is 0. The Labute approximate surface area is 113 Å². The molecule has 1 aromatic carbocycles. The minimum atomic E-state index is 1.23. The minimum absolute atomic E-state index is 1.23. The Balaban J connectivity index is 2.18. The molecule has 0 bridgehead atoms. The first-order valence-corrected chi connectivity index (χ1v) is 7.54. The van der Waals surface area contributed by atoms with Crippen LogP contribution < -0.4 is 0 Å². The number of unbranched alkanes of at least 4 members (excludes halogenated alkanes) is 1. The topological polar surface area (TPSA) is 3.24 Å². The lowest BCUT2D eigenvalue weighted by Gasteiger charge is -2.20. The third kappa shape index (κ3) is 6.20. The fourth-order valence-electron chi connectivity index (χ4n) is 2.39. The maximum Gasteiger partial charge on any atom is -0.00186 e. The highest BCUT2D eigenvalue weighted by Crippen LogP contribution is 2.08. The third-order valence-electron chi connectivity index (χ3n) is 3.39. The van der Waals surface area contributed by atoms with Crippen LogP contribution in [-0.4, -0.2) is 24.5 Å². The summed E-state index contributed by atoms with van der Waals surface area (Å²) in [6.45, 7) is 10.5. The van der Waals surface area contributed by atoms with Crippen LogP contribution in [0, 0.1) is 6.92 Å². The zero-order valence-electron chi connectivity index (χ0n) is 12.4. The number of aryl methyl sites for hydroxylation is 2. The van der Waals surface area contributed by atoms with Gasteiger partial charge in [-0.1, -0.05) is 43.7 Å². The molecular weight excluding hydrogens is 218 g/mol. The van der Waals surface area contributed by atoms with Crippen molar-refractivity contribution in [3.8, 4) is 0 Å². The number of hydrogen-bond acceptors (Lipinski definition) is 1. The van der Waals surface area contributed by atoms with Gasteiger partial charge in [-0.15, -0.1) is 0 Å². The molecule has 18 heavy (non-hydrogen) atoms. The van der Waals surface area contributed by atoms with Crippen LogP contribution in [0.1, 0.15) is 50.7 Å². The van der Waals surface area contributed by atoms with Crippen LogP contribution in [0.4, 0.5) is 0 Å². The number of benzene rings is 1. The number of nitrogens with zero attached hydrogens (tertiary/aromatic N) is 1. The van der Waals surface area contributed by atoms with E-state index < -0.39 is 0 Å². The van der Waals surface area contributed by atoms with Crippen molar-refractivity contribution in [1.82, 2.24) is 4.90 Å². The summed E-state index contributed by atoms with van der Waals surface area (Å²) in [4.78, 5) is 2.61. The Hall–Kier alpha value is -0.820. The molecule has 0 amide bonds. The monoisotopic (exact) mass is 247 g/mol. The van der Waals surface area contributed by atoms with Crippen molar-refractivity contribution < 1.29 is 0 Å². The molecule has 0 unspecified atom stereocenters. The van der Waals surface area contributed by atoms with Gasteiger partial charge >= 0.3 is 0 Å². The van der Waals surface area contributed by atoms with E-state index in [1.807, 2.05) is 0 Å². The van der Waals surface area contributed by atoms with E-state index in [2.05, 4.69) is 49.9 Å². The lowest BCUT2D eigenvalue weighted by molar-refractivity contribution is 0.269. The van der Waals surface area contributed by atoms with E-state index in [1.165, 1.54) is 62.9 Å². The van der Waals surface area contributed by atoms with Crippen molar-refractivity contribution in [1.29, 1.82) is 0 Å². The molecule has 0 aliphatic carbocycles. The largest absolute Gasteiger partial charge is 0.303 e. The Morgan fingerprint density at radius 3 is 2.00 bits per heavy atom. The third-order valence-corrected chi connectivity index (χ3v) is 3.39. The van der Waals surface area contributed by atoms with E-state index in [0.717, 1.165) is 0 Å². The molecule has 0 heterocycles. The lowest BCUT2D eigenvalue weighted by atomic mass is 10.1. The van der Waals surface area contributed by atoms with Gasteiger partial charge in [0.15, 0.2) is 0 Å². The zero-order valence-corrected chi connectivity index (χ0v) is 12.4. The molecule has 1 rings (SSSR count). The van der Waals surface area contributed by atoms with E-state index in [-0.39, 0.29) is 0 Å². The molecule has 1 heteroatoms. The van der Waals surface area contributed by atoms with E-state index in [0.29, 0.717) is 0 Å². The Kier molecular flexibility index (Phi) is 7.75. The second kappa shape index (κ2) is 9.16. The van der Waals surface area contributed by atoms with E-state index >= 15 is 0 Å². The molecule has 0 aromatic heterocycles. The highest BCUT2D eigenvalue weighted by Gasteiger charge is 2.01. The molecule has 0 aliphatic heterocycles. The van der Waals surface area contributed by atoms with Crippen molar-refractivity contribution in [2.75, 3.05) is 19.6 Å². The van der Waals surface area contributed by atoms with Crippen LogP contribution in [0.5, 0.6) is 0 Å². The number of rotatable bonds is 9. The van der Waals surface area contributed by atoms with Gasteiger partial charge in [0.25, 0.3) is 0 Å². The molecule has 1 aromatic rings. The van der Waals surface area contributed by atoms with Crippen molar-refractivity contribution in [2.45, 2.75) is 52.9 Å². The Bertz CT molecular complexity index is 296. The molecule has 0 N–H and O–H groups in total. The summed E-state index contributed by atoms with van der Waals surface area (Å²) in [6.07, 6.45) is 6.42. The smallest absolute Gasteiger partial charge is 0.00186 e. The van der Waals surface area contributed by atoms with Crippen LogP contribution in [-0.2, 0) is 6.42 Å². The maximum atomic E-state index is 2.61. The van der Waals surface area contributed by atoms with Gasteiger partial charge in [-0.3, -0.25) is 0 Å². The highest BCUT2D eigenvalue weighted by atomic mass is 15.1. The van der Waals surface area contributed by atoms with Gasteiger partial charge in [0, 0.05) is 0 Å². The first-order chi connectivity index (χ1) is 8.76. The van der Waals surface area contributed by atoms with Crippen molar-refractivity contribution in [3.05, 3.63) is 35.4 Å². The molecule has 0 saturated carbocycles. The van der Waals surface area contributed by atoms with Crippen molar-refractivity contribution in [3.63, 3.8) is 0 Å². The van der Waals surface area contributed by atoms with Crippen LogP contribution in [0.3, 0.4) is 0 Å². The van der Waals surface area contributed by atoms with E-state index in [1.54, 1.807) is 0 Å². The normalized spacial score (nSPS) is 11.1. The molecule has 0 spiro atoms. The van der Waals surface area contributed by atoms with Gasteiger partial charge in [-0.25, -0.2) is 0 Å². The van der Waals surface area contributed by atoms with Crippen molar-refractivity contribution >= 4 is 0 Å². The predicted octanol–water partition coefficient (Wildman–Crippen LogP) is 4.44. The van der Waals surface area contributed by atoms with E-state index in [4.69, 9.17) is 0 Å². The van der Waals surface area contributed by atoms with Gasteiger partial charge in [0.1, 0.15) is 0 Å². The van der Waals surface area contributed by atoms with Gasteiger partial charge in [0.05, 0.1) is 0 Å². The minimum Gasteiger partial charge on any atom is -0.303 e. The fourth-order valence-corrected chi connectivity index (χ4v) is 2.39. The summed E-state index contributed by atoms with van der Waals surface area (Å²) in [7, 11) is 0. The van der Waals surface area contributed by atoms with Gasteiger partial charge in [0.2, 0.25) is 0 Å². The molecular formula is C17H29N. The second-order valence-electron chi connectivity index (χ2n) is 5.28. The standard InChI is InChI=1S/C17H29N/c1-4-13-18(14-5-2)15-7-6-8-17-11-9-16(3)10-12-17/h9-12H,4-8,13-15H2,1-3H3. The highest BCUT2D eigenvalue weighted by molar-refractivity contribution is 5.21. The van der Waals surface area contributed by atoms with Gasteiger partial charge in [-0.2, -0.15) is 0 Å². The summed E-state index contributed by atoms with van der Waals surface area (Å²) in [6, 6.07) is 8.97. The summed E-state index contributed by atoms with van der Waals surface area (Å²) in [5.74, 6) is 0. The quantitative estimate of drug-likeness (QED) is 0.583. The van der Waals surface area contributed by atoms with Gasteiger partial charge in [-0.05, 0) is 64.2 Å². The van der Waals surface area contributed by atoms with Crippen LogP contribution in [0.2, 0.25) is 0 Å². The Morgan fingerprint density at radius 2 is 1.44 bits per heavy atom. The molecule has 102 valence electrons. The van der Waals surface area contributed by atoms with Gasteiger partial charge < -0.3 is 4.90 Å². The molecule has 0 fully saturated rings. The Morgan fingerprint density at radius 1 is 0.833 bits per heavy atom. The fraction of sp³-hybridized carbons (Fsp3) is 0.647. The van der Waals surface area contributed by atoms with Crippen LogP contribution in [0.25, 0.3) is 0 Å². The first-order valence-electron chi connectivity index (χ1n) is 7.54. The molecule has 0 saturated heterocycles.